The van der Waals surface area contributed by atoms with Gasteiger partial charge in [0.1, 0.15) is 36.8 Å². The smallest absolute Gasteiger partial charge is 0.240 e. The summed E-state index contributed by atoms with van der Waals surface area (Å²) in [6.07, 6.45) is 8.51. The van der Waals surface area contributed by atoms with Crippen molar-refractivity contribution in [3.05, 3.63) is 53.6 Å². The van der Waals surface area contributed by atoms with Crippen molar-refractivity contribution in [2.75, 3.05) is 24.7 Å². The number of hydrogen-bond donors (Lipinski definition) is 0. The number of anilines is 1. The molecule has 0 spiro atoms. The van der Waals surface area contributed by atoms with Crippen molar-refractivity contribution in [2.45, 2.75) is 39.7 Å². The monoisotopic (exact) mass is 441 g/mol. The van der Waals surface area contributed by atoms with Crippen LogP contribution < -0.4 is 14.4 Å². The van der Waals surface area contributed by atoms with E-state index in [0.717, 1.165) is 66.3 Å². The van der Waals surface area contributed by atoms with Gasteiger partial charge < -0.3 is 14.4 Å². The Kier molecular flexibility index (Phi) is 4.78. The lowest BCUT2D eigenvalue weighted by atomic mass is 9.76. The summed E-state index contributed by atoms with van der Waals surface area (Å²) in [6, 6.07) is 8.37. The first kappa shape index (κ1) is 20.1. The van der Waals surface area contributed by atoms with Gasteiger partial charge in [0.2, 0.25) is 5.88 Å². The lowest BCUT2D eigenvalue weighted by Gasteiger charge is -2.33. The lowest BCUT2D eigenvalue weighted by molar-refractivity contribution is 0.310. The minimum absolute atomic E-state index is 0.269. The van der Waals surface area contributed by atoms with Crippen LogP contribution in [-0.2, 0) is 19.4 Å². The van der Waals surface area contributed by atoms with E-state index in [2.05, 4.69) is 51.9 Å². The first-order chi connectivity index (χ1) is 16.1. The van der Waals surface area contributed by atoms with Crippen LogP contribution in [0.25, 0.3) is 11.1 Å². The summed E-state index contributed by atoms with van der Waals surface area (Å²) in [7, 11) is 0. The van der Waals surface area contributed by atoms with Gasteiger partial charge in [0.15, 0.2) is 0 Å². The fraction of sp³-hybridized carbons (Fsp3) is 0.385. The highest BCUT2D eigenvalue weighted by molar-refractivity contribution is 5.75. The summed E-state index contributed by atoms with van der Waals surface area (Å²) < 4.78 is 11.7. The number of ether oxygens (including phenoxy) is 2. The number of aromatic nitrogens is 3. The third-order valence-corrected chi connectivity index (χ3v) is 6.74. The van der Waals surface area contributed by atoms with Gasteiger partial charge in [0, 0.05) is 41.3 Å². The fourth-order valence-corrected chi connectivity index (χ4v) is 4.94. The van der Waals surface area contributed by atoms with Crippen molar-refractivity contribution in [1.29, 1.82) is 0 Å². The summed E-state index contributed by atoms with van der Waals surface area (Å²) in [5, 5.41) is 0. The summed E-state index contributed by atoms with van der Waals surface area (Å²) in [5.41, 5.74) is 6.77. The molecule has 1 aromatic carbocycles. The molecule has 0 bridgehead atoms. The number of hydrogen-bond acceptors (Lipinski definition) is 7. The molecular weight excluding hydrogens is 414 g/mol. The molecule has 7 nitrogen and oxygen atoms in total. The van der Waals surface area contributed by atoms with E-state index in [9.17, 15) is 0 Å². The molecule has 0 saturated carbocycles. The fourth-order valence-electron chi connectivity index (χ4n) is 4.94. The number of pyridine rings is 1. The van der Waals surface area contributed by atoms with Crippen LogP contribution in [0.15, 0.2) is 41.8 Å². The number of nitrogens with zero attached hydrogens (tertiary/aromatic N) is 5. The second-order valence-electron chi connectivity index (χ2n) is 9.73. The second-order valence-corrected chi connectivity index (χ2v) is 9.73. The lowest BCUT2D eigenvalue weighted by Crippen LogP contribution is -2.31. The number of aryl methyl sites for hydroxylation is 1. The molecule has 0 fully saturated rings. The van der Waals surface area contributed by atoms with E-state index >= 15 is 0 Å². The Labute approximate surface area is 193 Å². The zero-order valence-corrected chi connectivity index (χ0v) is 19.0. The van der Waals surface area contributed by atoms with Gasteiger partial charge in [-0.05, 0) is 48.4 Å². The van der Waals surface area contributed by atoms with Crippen LogP contribution in [0.3, 0.4) is 0 Å². The molecule has 4 heterocycles. The second kappa shape index (κ2) is 7.83. The van der Waals surface area contributed by atoms with Gasteiger partial charge >= 0.3 is 0 Å². The van der Waals surface area contributed by atoms with E-state index < -0.39 is 0 Å². The van der Waals surface area contributed by atoms with Gasteiger partial charge in [-0.2, -0.15) is 0 Å². The molecule has 6 rings (SSSR count). The molecule has 0 amide bonds. The predicted octanol–water partition coefficient (Wildman–Crippen LogP) is 4.55. The number of benzene rings is 1. The van der Waals surface area contributed by atoms with E-state index in [1.165, 1.54) is 11.3 Å². The van der Waals surface area contributed by atoms with Crippen LogP contribution in [0, 0.1) is 5.41 Å². The van der Waals surface area contributed by atoms with E-state index in [4.69, 9.17) is 14.5 Å². The molecular formula is C26H27N5O2. The van der Waals surface area contributed by atoms with Gasteiger partial charge in [-0.15, -0.1) is 0 Å². The topological polar surface area (TPSA) is 72.7 Å². The van der Waals surface area contributed by atoms with E-state index in [1.54, 1.807) is 12.5 Å². The van der Waals surface area contributed by atoms with Crippen LogP contribution in [0.2, 0.25) is 0 Å². The quantitative estimate of drug-likeness (QED) is 0.581. The van der Waals surface area contributed by atoms with Crippen molar-refractivity contribution in [1.82, 2.24) is 15.0 Å². The first-order valence-electron chi connectivity index (χ1n) is 11.5. The maximum Gasteiger partial charge on any atom is 0.240 e. The highest BCUT2D eigenvalue weighted by Crippen LogP contribution is 2.39. The van der Waals surface area contributed by atoms with E-state index in [-0.39, 0.29) is 5.41 Å². The molecule has 0 radical (unpaired) electrons. The maximum atomic E-state index is 6.12. The molecule has 0 N–H and O–H groups in total. The van der Waals surface area contributed by atoms with Crippen molar-refractivity contribution in [2.24, 2.45) is 10.4 Å². The molecule has 2 aromatic heterocycles. The third-order valence-electron chi connectivity index (χ3n) is 6.74. The van der Waals surface area contributed by atoms with Crippen molar-refractivity contribution >= 4 is 17.7 Å². The molecule has 1 aliphatic carbocycles. The average molecular weight is 442 g/mol. The van der Waals surface area contributed by atoms with Crippen molar-refractivity contribution < 1.29 is 9.47 Å². The summed E-state index contributed by atoms with van der Waals surface area (Å²) in [6.45, 7) is 7.30. The molecule has 3 aromatic rings. The number of rotatable bonds is 2. The van der Waals surface area contributed by atoms with Crippen LogP contribution in [0.5, 0.6) is 11.6 Å². The maximum absolute atomic E-state index is 6.12. The summed E-state index contributed by atoms with van der Waals surface area (Å²) in [4.78, 5) is 20.6. The molecule has 0 saturated heterocycles. The Bertz CT molecular complexity index is 1250. The van der Waals surface area contributed by atoms with Crippen LogP contribution >= 0.6 is 0 Å². The molecule has 0 atom stereocenters. The largest absolute Gasteiger partial charge is 0.491 e. The molecule has 3 aliphatic rings. The molecule has 168 valence electrons. The predicted molar refractivity (Wildman–Crippen MR) is 128 cm³/mol. The van der Waals surface area contributed by atoms with Crippen LogP contribution in [0.1, 0.15) is 37.1 Å². The Morgan fingerprint density at radius 3 is 2.91 bits per heavy atom. The zero-order chi connectivity index (χ0) is 22.4. The molecule has 33 heavy (non-hydrogen) atoms. The minimum atomic E-state index is 0.269. The summed E-state index contributed by atoms with van der Waals surface area (Å²) >= 11 is 0. The molecule has 2 aliphatic heterocycles. The summed E-state index contributed by atoms with van der Waals surface area (Å²) in [5.74, 6) is 2.57. The Morgan fingerprint density at radius 1 is 1.03 bits per heavy atom. The molecule has 0 unspecified atom stereocenters. The number of aliphatic imine (C=N–C) groups is 1. The molecule has 7 heteroatoms. The number of fused-ring (bicyclic) bond motifs is 3. The highest BCUT2D eigenvalue weighted by atomic mass is 16.5. The van der Waals surface area contributed by atoms with Crippen molar-refractivity contribution in [3.63, 3.8) is 0 Å². The first-order valence-corrected chi connectivity index (χ1v) is 11.5. The Balaban J connectivity index is 1.35. The van der Waals surface area contributed by atoms with Crippen LogP contribution in [-0.4, -0.2) is 40.9 Å². The average Bonchev–Trinajstić information content (AvgIpc) is 3.04. The normalized spacial score (nSPS) is 18.3. The van der Waals surface area contributed by atoms with Gasteiger partial charge in [0.25, 0.3) is 0 Å². The Hall–Kier alpha value is -3.48. The van der Waals surface area contributed by atoms with E-state index in [0.29, 0.717) is 19.1 Å². The minimum Gasteiger partial charge on any atom is -0.491 e. The third kappa shape index (κ3) is 3.81. The van der Waals surface area contributed by atoms with Gasteiger partial charge in [-0.25, -0.2) is 15.0 Å². The standard InChI is InChI=1S/C26H27N5O2/c1-26(2)6-5-21-20(13-26)24(30-16-29-21)31-8-10-32-23-4-3-17(11-19(23)15-31)18-12-22-25(28-14-18)33-9-7-27-22/h3-4,7,11-12,14,16H,5-6,8-10,13,15H2,1-2H3. The van der Waals surface area contributed by atoms with Crippen LogP contribution in [0.4, 0.5) is 11.5 Å². The van der Waals surface area contributed by atoms with Gasteiger partial charge in [-0.3, -0.25) is 4.99 Å². The SMILES string of the molecule is CC1(C)CCc2ncnc(N3CCOc4ccc(-c5cnc6c(c5)N=CCO6)cc4C3)c2C1. The highest BCUT2D eigenvalue weighted by Gasteiger charge is 2.30. The Morgan fingerprint density at radius 2 is 1.97 bits per heavy atom. The van der Waals surface area contributed by atoms with Gasteiger partial charge in [-0.1, -0.05) is 19.9 Å². The zero-order valence-electron chi connectivity index (χ0n) is 19.0. The van der Waals surface area contributed by atoms with E-state index in [1.807, 2.05) is 12.3 Å². The van der Waals surface area contributed by atoms with Gasteiger partial charge in [0.05, 0.1) is 6.54 Å². The van der Waals surface area contributed by atoms with Crippen molar-refractivity contribution in [3.8, 4) is 22.8 Å².